The predicted octanol–water partition coefficient (Wildman–Crippen LogP) is 1.02. The summed E-state index contributed by atoms with van der Waals surface area (Å²) in [5.41, 5.74) is 6.65. The average molecular weight is 284 g/mol. The standard InChI is InChI=1S/C13H20N2O3S/c1-10(14)12-2-4-13(5-3-12)19(16,17)15-8-11-6-7-18-9-11/h2-5,10-11,15H,6-9,14H2,1H3. The molecule has 1 aliphatic heterocycles. The fourth-order valence-corrected chi connectivity index (χ4v) is 3.12. The van der Waals surface area contributed by atoms with Crippen LogP contribution in [-0.2, 0) is 14.8 Å². The lowest BCUT2D eigenvalue weighted by Gasteiger charge is -2.11. The van der Waals surface area contributed by atoms with Crippen LogP contribution in [0.2, 0.25) is 0 Å². The largest absolute Gasteiger partial charge is 0.381 e. The number of rotatable bonds is 5. The molecule has 19 heavy (non-hydrogen) atoms. The summed E-state index contributed by atoms with van der Waals surface area (Å²) in [6, 6.07) is 6.58. The van der Waals surface area contributed by atoms with Gasteiger partial charge in [-0.15, -0.1) is 0 Å². The highest BCUT2D eigenvalue weighted by Gasteiger charge is 2.20. The minimum absolute atomic E-state index is 0.0969. The van der Waals surface area contributed by atoms with Crippen LogP contribution in [-0.4, -0.2) is 28.2 Å². The van der Waals surface area contributed by atoms with Gasteiger partial charge in [0.1, 0.15) is 0 Å². The minimum Gasteiger partial charge on any atom is -0.381 e. The highest BCUT2D eigenvalue weighted by Crippen LogP contribution is 2.16. The number of benzene rings is 1. The molecule has 1 aromatic rings. The van der Waals surface area contributed by atoms with Crippen molar-refractivity contribution >= 4 is 10.0 Å². The number of hydrogen-bond donors (Lipinski definition) is 2. The lowest BCUT2D eigenvalue weighted by Crippen LogP contribution is -2.29. The lowest BCUT2D eigenvalue weighted by atomic mass is 10.1. The fourth-order valence-electron chi connectivity index (χ4n) is 2.01. The molecule has 1 saturated heterocycles. The number of nitrogens with two attached hydrogens (primary N) is 1. The van der Waals surface area contributed by atoms with Crippen LogP contribution in [0.15, 0.2) is 29.2 Å². The first-order valence-electron chi connectivity index (χ1n) is 6.42. The van der Waals surface area contributed by atoms with E-state index in [9.17, 15) is 8.42 Å². The van der Waals surface area contributed by atoms with Gasteiger partial charge in [-0.1, -0.05) is 12.1 Å². The Labute approximate surface area is 114 Å². The summed E-state index contributed by atoms with van der Waals surface area (Å²) in [6.45, 7) is 3.64. The topological polar surface area (TPSA) is 81.4 Å². The molecule has 1 aliphatic rings. The molecule has 2 rings (SSSR count). The van der Waals surface area contributed by atoms with E-state index in [4.69, 9.17) is 10.5 Å². The van der Waals surface area contributed by atoms with E-state index >= 15 is 0 Å². The lowest BCUT2D eigenvalue weighted by molar-refractivity contribution is 0.186. The van der Waals surface area contributed by atoms with Crippen molar-refractivity contribution in [3.8, 4) is 0 Å². The molecule has 1 heterocycles. The molecule has 0 radical (unpaired) electrons. The first-order valence-corrected chi connectivity index (χ1v) is 7.90. The first kappa shape index (κ1) is 14.5. The summed E-state index contributed by atoms with van der Waals surface area (Å²) in [5, 5.41) is 0. The van der Waals surface area contributed by atoms with Crippen LogP contribution in [0.25, 0.3) is 0 Å². The van der Waals surface area contributed by atoms with Crippen LogP contribution in [0, 0.1) is 5.92 Å². The molecular formula is C13H20N2O3S. The van der Waals surface area contributed by atoms with Gasteiger partial charge in [0.15, 0.2) is 0 Å². The monoisotopic (exact) mass is 284 g/mol. The zero-order chi connectivity index (χ0) is 13.9. The number of hydrogen-bond acceptors (Lipinski definition) is 4. The van der Waals surface area contributed by atoms with E-state index in [0.717, 1.165) is 18.6 Å². The molecule has 106 valence electrons. The van der Waals surface area contributed by atoms with Gasteiger partial charge in [0.25, 0.3) is 0 Å². The average Bonchev–Trinajstić information content (AvgIpc) is 2.90. The van der Waals surface area contributed by atoms with E-state index in [0.29, 0.717) is 13.2 Å². The molecule has 0 spiro atoms. The van der Waals surface area contributed by atoms with Gasteiger partial charge >= 0.3 is 0 Å². The summed E-state index contributed by atoms with van der Waals surface area (Å²) in [7, 11) is -3.44. The van der Waals surface area contributed by atoms with E-state index in [-0.39, 0.29) is 16.9 Å². The Kier molecular flexibility index (Phi) is 4.57. The van der Waals surface area contributed by atoms with Crippen molar-refractivity contribution < 1.29 is 13.2 Å². The third-order valence-electron chi connectivity index (χ3n) is 3.30. The molecule has 0 aromatic heterocycles. The second-order valence-electron chi connectivity index (χ2n) is 4.94. The van der Waals surface area contributed by atoms with Gasteiger partial charge in [0, 0.05) is 19.2 Å². The van der Waals surface area contributed by atoms with Crippen LogP contribution in [0.5, 0.6) is 0 Å². The zero-order valence-electron chi connectivity index (χ0n) is 11.0. The zero-order valence-corrected chi connectivity index (χ0v) is 11.8. The molecular weight excluding hydrogens is 264 g/mol. The maximum atomic E-state index is 12.1. The van der Waals surface area contributed by atoms with Crippen molar-refractivity contribution in [1.29, 1.82) is 0 Å². The SMILES string of the molecule is CC(N)c1ccc(S(=O)(=O)NCC2CCOC2)cc1. The van der Waals surface area contributed by atoms with E-state index < -0.39 is 10.0 Å². The Morgan fingerprint density at radius 1 is 1.42 bits per heavy atom. The van der Waals surface area contributed by atoms with E-state index in [2.05, 4.69) is 4.72 Å². The summed E-state index contributed by atoms with van der Waals surface area (Å²) in [4.78, 5) is 0.274. The summed E-state index contributed by atoms with van der Waals surface area (Å²) in [6.07, 6.45) is 0.909. The molecule has 5 nitrogen and oxygen atoms in total. The van der Waals surface area contributed by atoms with Gasteiger partial charge in [0.05, 0.1) is 11.5 Å². The number of nitrogens with one attached hydrogen (secondary N) is 1. The van der Waals surface area contributed by atoms with Crippen molar-refractivity contribution in [3.05, 3.63) is 29.8 Å². The van der Waals surface area contributed by atoms with E-state index in [1.807, 2.05) is 6.92 Å². The normalized spacial score (nSPS) is 21.5. The molecule has 0 aliphatic carbocycles. The van der Waals surface area contributed by atoms with Gasteiger partial charge in [-0.2, -0.15) is 0 Å². The van der Waals surface area contributed by atoms with Crippen molar-refractivity contribution in [3.63, 3.8) is 0 Å². The van der Waals surface area contributed by atoms with Crippen molar-refractivity contribution in [2.75, 3.05) is 19.8 Å². The summed E-state index contributed by atoms with van der Waals surface area (Å²) >= 11 is 0. The molecule has 0 bridgehead atoms. The third-order valence-corrected chi connectivity index (χ3v) is 4.74. The Bertz CT molecular complexity index is 505. The third kappa shape index (κ3) is 3.76. The number of sulfonamides is 1. The highest BCUT2D eigenvalue weighted by atomic mass is 32.2. The van der Waals surface area contributed by atoms with Gasteiger partial charge in [0.2, 0.25) is 10.0 Å². The van der Waals surface area contributed by atoms with Crippen LogP contribution < -0.4 is 10.5 Å². The Hall–Kier alpha value is -0.950. The van der Waals surface area contributed by atoms with E-state index in [1.54, 1.807) is 24.3 Å². The van der Waals surface area contributed by atoms with Crippen LogP contribution >= 0.6 is 0 Å². The molecule has 0 saturated carbocycles. The Morgan fingerprint density at radius 3 is 2.63 bits per heavy atom. The maximum absolute atomic E-state index is 12.1. The highest BCUT2D eigenvalue weighted by molar-refractivity contribution is 7.89. The second-order valence-corrected chi connectivity index (χ2v) is 6.71. The molecule has 2 atom stereocenters. The van der Waals surface area contributed by atoms with Gasteiger partial charge in [-0.25, -0.2) is 13.1 Å². The molecule has 1 fully saturated rings. The Balaban J connectivity index is 2.01. The minimum atomic E-state index is -3.44. The molecule has 3 N–H and O–H groups in total. The van der Waals surface area contributed by atoms with Crippen LogP contribution in [0.4, 0.5) is 0 Å². The van der Waals surface area contributed by atoms with Crippen LogP contribution in [0.1, 0.15) is 24.9 Å². The molecule has 0 amide bonds. The smallest absolute Gasteiger partial charge is 0.240 e. The fraction of sp³-hybridized carbons (Fsp3) is 0.538. The van der Waals surface area contributed by atoms with Crippen molar-refractivity contribution in [2.45, 2.75) is 24.3 Å². The van der Waals surface area contributed by atoms with Gasteiger partial charge in [-0.05, 0) is 37.0 Å². The predicted molar refractivity (Wildman–Crippen MR) is 73.2 cm³/mol. The number of ether oxygens (including phenoxy) is 1. The summed E-state index contributed by atoms with van der Waals surface area (Å²) in [5.74, 6) is 0.276. The quantitative estimate of drug-likeness (QED) is 0.846. The second kappa shape index (κ2) is 6.00. The molecule has 6 heteroatoms. The van der Waals surface area contributed by atoms with Gasteiger partial charge in [-0.3, -0.25) is 0 Å². The summed E-state index contributed by atoms with van der Waals surface area (Å²) < 4.78 is 32.0. The van der Waals surface area contributed by atoms with Crippen molar-refractivity contribution in [1.82, 2.24) is 4.72 Å². The molecule has 2 unspecified atom stereocenters. The van der Waals surface area contributed by atoms with Gasteiger partial charge < -0.3 is 10.5 Å². The van der Waals surface area contributed by atoms with E-state index in [1.165, 1.54) is 0 Å². The first-order chi connectivity index (χ1) is 8.99. The molecule has 1 aromatic carbocycles. The Morgan fingerprint density at radius 2 is 2.11 bits per heavy atom. The van der Waals surface area contributed by atoms with Crippen LogP contribution in [0.3, 0.4) is 0 Å². The van der Waals surface area contributed by atoms with Crippen molar-refractivity contribution in [2.24, 2.45) is 11.7 Å². The maximum Gasteiger partial charge on any atom is 0.240 e.